The topological polar surface area (TPSA) is 71.8 Å². The first kappa shape index (κ1) is 18.2. The molecule has 138 valence electrons. The Bertz CT molecular complexity index is 770. The molecule has 1 N–H and O–H groups in total. The molecule has 2 heterocycles. The molecule has 1 atom stereocenters. The lowest BCUT2D eigenvalue weighted by atomic mass is 10.0. The maximum atomic E-state index is 12.7. The number of hydrogen-bond acceptors (Lipinski definition) is 4. The van der Waals surface area contributed by atoms with E-state index in [1.807, 2.05) is 31.2 Å². The van der Waals surface area contributed by atoms with Crippen molar-refractivity contribution in [3.05, 3.63) is 59.0 Å². The van der Waals surface area contributed by atoms with E-state index in [1.165, 1.54) is 0 Å². The molecule has 0 aliphatic carbocycles. The summed E-state index contributed by atoms with van der Waals surface area (Å²) in [5.41, 5.74) is 1.85. The van der Waals surface area contributed by atoms with Gasteiger partial charge in [0.2, 0.25) is 0 Å². The Morgan fingerprint density at radius 1 is 1.35 bits per heavy atom. The summed E-state index contributed by atoms with van der Waals surface area (Å²) >= 11 is 0. The molecule has 0 bridgehead atoms. The first-order chi connectivity index (χ1) is 12.6. The first-order valence-electron chi connectivity index (χ1n) is 8.83. The number of nitrogens with zero attached hydrogens (tertiary/aromatic N) is 1. The maximum Gasteiger partial charge on any atom is 0.255 e. The van der Waals surface area contributed by atoms with Crippen LogP contribution in [0, 0.1) is 0 Å². The van der Waals surface area contributed by atoms with Crippen molar-refractivity contribution in [2.45, 2.75) is 32.4 Å². The summed E-state index contributed by atoms with van der Waals surface area (Å²) in [6.45, 7) is 3.47. The number of carbonyl (C=O) groups excluding carboxylic acids is 2. The molecule has 2 amide bonds. The van der Waals surface area contributed by atoms with Gasteiger partial charge in [0.15, 0.2) is 0 Å². The second-order valence-corrected chi connectivity index (χ2v) is 6.55. The minimum absolute atomic E-state index is 0.0236. The summed E-state index contributed by atoms with van der Waals surface area (Å²) in [6.07, 6.45) is 3.17. The van der Waals surface area contributed by atoms with Crippen LogP contribution < -0.4 is 5.32 Å². The Hall–Kier alpha value is -2.60. The highest BCUT2D eigenvalue weighted by molar-refractivity contribution is 6.09. The summed E-state index contributed by atoms with van der Waals surface area (Å²) in [5.74, 6) is 0.581. The number of carbonyl (C=O) groups is 2. The van der Waals surface area contributed by atoms with Crippen molar-refractivity contribution < 1.29 is 18.7 Å². The fourth-order valence-electron chi connectivity index (χ4n) is 3.18. The van der Waals surface area contributed by atoms with Crippen LogP contribution in [-0.2, 0) is 17.7 Å². The Balaban J connectivity index is 1.66. The third kappa shape index (κ3) is 3.96. The SMILES string of the molecule is COCCN1Cc2cccc(C(=O)N[C@@H](C)CCc3ccco3)c2C1=O. The Kier molecular flexibility index (Phi) is 5.73. The highest BCUT2D eigenvalue weighted by Crippen LogP contribution is 2.26. The van der Waals surface area contributed by atoms with Crippen molar-refractivity contribution in [2.24, 2.45) is 0 Å². The van der Waals surface area contributed by atoms with Gasteiger partial charge in [-0.2, -0.15) is 0 Å². The highest BCUT2D eigenvalue weighted by Gasteiger charge is 2.31. The van der Waals surface area contributed by atoms with Crippen LogP contribution in [-0.4, -0.2) is 43.0 Å². The van der Waals surface area contributed by atoms with Crippen molar-refractivity contribution in [3.8, 4) is 0 Å². The zero-order valence-electron chi connectivity index (χ0n) is 15.2. The van der Waals surface area contributed by atoms with Crippen molar-refractivity contribution in [1.29, 1.82) is 0 Å². The molecule has 0 fully saturated rings. The summed E-state index contributed by atoms with van der Waals surface area (Å²) in [5, 5.41) is 2.99. The predicted octanol–water partition coefficient (Wildman–Crippen LogP) is 2.63. The third-order valence-electron chi connectivity index (χ3n) is 4.60. The quantitative estimate of drug-likeness (QED) is 0.789. The van der Waals surface area contributed by atoms with E-state index in [4.69, 9.17) is 9.15 Å². The number of aryl methyl sites for hydroxylation is 1. The van der Waals surface area contributed by atoms with E-state index in [-0.39, 0.29) is 17.9 Å². The molecular weight excluding hydrogens is 332 g/mol. The highest BCUT2D eigenvalue weighted by atomic mass is 16.5. The molecule has 1 aliphatic rings. The molecule has 0 saturated heterocycles. The van der Waals surface area contributed by atoms with E-state index < -0.39 is 0 Å². The van der Waals surface area contributed by atoms with Gasteiger partial charge in [0.1, 0.15) is 5.76 Å². The summed E-state index contributed by atoms with van der Waals surface area (Å²) in [7, 11) is 1.61. The van der Waals surface area contributed by atoms with Crippen LogP contribution in [0.4, 0.5) is 0 Å². The van der Waals surface area contributed by atoms with Gasteiger partial charge in [0.05, 0.1) is 24.0 Å². The molecule has 3 rings (SSSR count). The average molecular weight is 356 g/mol. The Morgan fingerprint density at radius 2 is 2.19 bits per heavy atom. The second kappa shape index (κ2) is 8.19. The Labute approximate surface area is 153 Å². The molecule has 0 spiro atoms. The molecule has 0 radical (unpaired) electrons. The lowest BCUT2D eigenvalue weighted by molar-refractivity contribution is 0.0715. The average Bonchev–Trinajstić information content (AvgIpc) is 3.26. The molecule has 1 aliphatic heterocycles. The van der Waals surface area contributed by atoms with Gasteiger partial charge in [-0.25, -0.2) is 0 Å². The number of amides is 2. The van der Waals surface area contributed by atoms with Crippen LogP contribution in [0.1, 0.15) is 45.4 Å². The standard InChI is InChI=1S/C20H24N2O4/c1-14(8-9-16-6-4-11-26-16)21-19(23)17-7-3-5-15-13-22(10-12-25-2)20(24)18(15)17/h3-7,11,14H,8-10,12-13H2,1-2H3,(H,21,23)/t14-/m0/s1. The number of methoxy groups -OCH3 is 1. The normalized spacial score (nSPS) is 14.4. The Morgan fingerprint density at radius 3 is 2.92 bits per heavy atom. The van der Waals surface area contributed by atoms with E-state index >= 15 is 0 Å². The molecule has 1 aromatic carbocycles. The fraction of sp³-hybridized carbons (Fsp3) is 0.400. The van der Waals surface area contributed by atoms with Crippen LogP contribution >= 0.6 is 0 Å². The van der Waals surface area contributed by atoms with E-state index in [2.05, 4.69) is 5.32 Å². The van der Waals surface area contributed by atoms with Crippen molar-refractivity contribution in [1.82, 2.24) is 10.2 Å². The number of nitrogens with one attached hydrogen (secondary N) is 1. The van der Waals surface area contributed by atoms with Crippen LogP contribution in [0.15, 0.2) is 41.0 Å². The maximum absolute atomic E-state index is 12.7. The molecule has 6 heteroatoms. The molecular formula is C20H24N2O4. The molecule has 26 heavy (non-hydrogen) atoms. The second-order valence-electron chi connectivity index (χ2n) is 6.55. The van der Waals surface area contributed by atoms with Gasteiger partial charge in [0.25, 0.3) is 11.8 Å². The first-order valence-corrected chi connectivity index (χ1v) is 8.83. The van der Waals surface area contributed by atoms with Crippen LogP contribution in [0.25, 0.3) is 0 Å². The van der Waals surface area contributed by atoms with E-state index in [9.17, 15) is 9.59 Å². The lowest BCUT2D eigenvalue weighted by Crippen LogP contribution is -2.34. The number of fused-ring (bicyclic) bond motifs is 1. The van der Waals surface area contributed by atoms with Crippen LogP contribution in [0.3, 0.4) is 0 Å². The minimum atomic E-state index is -0.212. The number of hydrogen-bond donors (Lipinski definition) is 1. The van der Waals surface area contributed by atoms with Gasteiger partial charge >= 0.3 is 0 Å². The summed E-state index contributed by atoms with van der Waals surface area (Å²) in [4.78, 5) is 27.1. The molecule has 1 aromatic heterocycles. The van der Waals surface area contributed by atoms with Crippen LogP contribution in [0.2, 0.25) is 0 Å². The molecule has 2 aromatic rings. The molecule has 0 saturated carbocycles. The summed E-state index contributed by atoms with van der Waals surface area (Å²) < 4.78 is 10.4. The van der Waals surface area contributed by atoms with Gasteiger partial charge < -0.3 is 19.4 Å². The van der Waals surface area contributed by atoms with Crippen molar-refractivity contribution >= 4 is 11.8 Å². The predicted molar refractivity (Wildman–Crippen MR) is 97.0 cm³/mol. The van der Waals surface area contributed by atoms with Crippen molar-refractivity contribution in [2.75, 3.05) is 20.3 Å². The van der Waals surface area contributed by atoms with E-state index in [1.54, 1.807) is 24.3 Å². The van der Waals surface area contributed by atoms with Gasteiger partial charge in [-0.05, 0) is 37.1 Å². The summed E-state index contributed by atoms with van der Waals surface area (Å²) in [6, 6.07) is 9.19. The molecule has 0 unspecified atom stereocenters. The minimum Gasteiger partial charge on any atom is -0.469 e. The largest absolute Gasteiger partial charge is 0.469 e. The molecule has 6 nitrogen and oxygen atoms in total. The van der Waals surface area contributed by atoms with Gasteiger partial charge in [-0.15, -0.1) is 0 Å². The number of benzene rings is 1. The fourth-order valence-corrected chi connectivity index (χ4v) is 3.18. The lowest BCUT2D eigenvalue weighted by Gasteiger charge is -2.16. The van der Waals surface area contributed by atoms with Gasteiger partial charge in [-0.3, -0.25) is 9.59 Å². The van der Waals surface area contributed by atoms with Crippen LogP contribution in [0.5, 0.6) is 0 Å². The monoisotopic (exact) mass is 356 g/mol. The van der Waals surface area contributed by atoms with E-state index in [0.717, 1.165) is 24.2 Å². The van der Waals surface area contributed by atoms with Gasteiger partial charge in [0, 0.05) is 32.7 Å². The van der Waals surface area contributed by atoms with E-state index in [0.29, 0.717) is 30.8 Å². The van der Waals surface area contributed by atoms with Gasteiger partial charge in [-0.1, -0.05) is 12.1 Å². The smallest absolute Gasteiger partial charge is 0.255 e. The van der Waals surface area contributed by atoms with Crippen molar-refractivity contribution in [3.63, 3.8) is 0 Å². The number of rotatable bonds is 8. The zero-order valence-corrected chi connectivity index (χ0v) is 15.2. The number of ether oxygens (including phenoxy) is 1. The number of furan rings is 1. The third-order valence-corrected chi connectivity index (χ3v) is 4.60. The zero-order chi connectivity index (χ0) is 18.5.